The highest BCUT2D eigenvalue weighted by Gasteiger charge is 2.31. The molecule has 114 valence electrons. The highest BCUT2D eigenvalue weighted by molar-refractivity contribution is 5.89. The average Bonchev–Trinajstić information content (AvgIpc) is 2.47. The number of carbonyl (C=O) groups excluding carboxylic acids is 2. The molecule has 3 N–H and O–H groups in total. The zero-order valence-electron chi connectivity index (χ0n) is 12.1. The maximum absolute atomic E-state index is 12.4. The first-order valence-electron chi connectivity index (χ1n) is 7.17. The van der Waals surface area contributed by atoms with E-state index in [0.29, 0.717) is 26.2 Å². The minimum absolute atomic E-state index is 0.0987. The van der Waals surface area contributed by atoms with Crippen LogP contribution in [0.4, 0.5) is 0 Å². The van der Waals surface area contributed by atoms with E-state index in [4.69, 9.17) is 0 Å². The first-order chi connectivity index (χ1) is 10.1. The van der Waals surface area contributed by atoms with Crippen LogP contribution in [0.3, 0.4) is 0 Å². The highest BCUT2D eigenvalue weighted by Crippen LogP contribution is 2.14. The third kappa shape index (κ3) is 3.95. The van der Waals surface area contributed by atoms with Crippen molar-refractivity contribution in [2.45, 2.75) is 19.4 Å². The molecule has 6 nitrogen and oxygen atoms in total. The van der Waals surface area contributed by atoms with Gasteiger partial charge in [0.1, 0.15) is 11.8 Å². The Morgan fingerprint density at radius 3 is 3.00 bits per heavy atom. The molecule has 0 radical (unpaired) electrons. The topological polar surface area (TPSA) is 81.7 Å². The lowest BCUT2D eigenvalue weighted by Gasteiger charge is -2.35. The Bertz CT molecular complexity index is 519. The van der Waals surface area contributed by atoms with E-state index in [-0.39, 0.29) is 24.0 Å². The van der Waals surface area contributed by atoms with Crippen molar-refractivity contribution >= 4 is 11.8 Å². The van der Waals surface area contributed by atoms with Gasteiger partial charge in [-0.2, -0.15) is 0 Å². The summed E-state index contributed by atoms with van der Waals surface area (Å²) in [5, 5.41) is 15.3. The summed E-state index contributed by atoms with van der Waals surface area (Å²) in [5.74, 6) is -0.0896. The molecule has 0 spiro atoms. The smallest absolute Gasteiger partial charge is 0.244 e. The molecule has 1 atom stereocenters. The van der Waals surface area contributed by atoms with Gasteiger partial charge in [0.25, 0.3) is 0 Å². The molecule has 0 saturated carbocycles. The van der Waals surface area contributed by atoms with Crippen molar-refractivity contribution in [3.05, 3.63) is 29.8 Å². The summed E-state index contributed by atoms with van der Waals surface area (Å²) < 4.78 is 0. The van der Waals surface area contributed by atoms with Crippen LogP contribution in [0.2, 0.25) is 0 Å². The second-order valence-electron chi connectivity index (χ2n) is 5.05. The number of nitrogens with zero attached hydrogens (tertiary/aromatic N) is 1. The number of amides is 2. The summed E-state index contributed by atoms with van der Waals surface area (Å²) in [6.45, 7) is 4.07. The molecule has 1 heterocycles. The molecule has 21 heavy (non-hydrogen) atoms. The Hall–Kier alpha value is -2.08. The van der Waals surface area contributed by atoms with Gasteiger partial charge in [0.15, 0.2) is 0 Å². The number of nitrogens with one attached hydrogen (secondary N) is 2. The van der Waals surface area contributed by atoms with Crippen molar-refractivity contribution in [2.75, 3.05) is 26.2 Å². The van der Waals surface area contributed by atoms with E-state index >= 15 is 0 Å². The van der Waals surface area contributed by atoms with Crippen molar-refractivity contribution in [3.8, 4) is 5.75 Å². The second kappa shape index (κ2) is 7.08. The van der Waals surface area contributed by atoms with E-state index < -0.39 is 6.04 Å². The Labute approximate surface area is 124 Å². The monoisotopic (exact) mass is 291 g/mol. The van der Waals surface area contributed by atoms with Crippen LogP contribution in [0.25, 0.3) is 0 Å². The number of hydrogen-bond donors (Lipinski definition) is 3. The summed E-state index contributed by atoms with van der Waals surface area (Å²) in [7, 11) is 0. The van der Waals surface area contributed by atoms with Crippen LogP contribution >= 0.6 is 0 Å². The molecule has 1 aromatic carbocycles. The van der Waals surface area contributed by atoms with Crippen molar-refractivity contribution in [1.29, 1.82) is 0 Å². The van der Waals surface area contributed by atoms with Gasteiger partial charge in [-0.1, -0.05) is 12.1 Å². The number of phenolic OH excluding ortho intramolecular Hbond substituents is 1. The van der Waals surface area contributed by atoms with Crippen LogP contribution in [0.1, 0.15) is 12.5 Å². The predicted molar refractivity (Wildman–Crippen MR) is 78.9 cm³/mol. The number of aromatic hydroxyl groups is 1. The Kier molecular flexibility index (Phi) is 5.16. The molecule has 1 unspecified atom stereocenters. The molecule has 1 fully saturated rings. The van der Waals surface area contributed by atoms with E-state index in [0.717, 1.165) is 5.56 Å². The summed E-state index contributed by atoms with van der Waals surface area (Å²) >= 11 is 0. The zero-order valence-corrected chi connectivity index (χ0v) is 12.1. The Morgan fingerprint density at radius 1 is 1.48 bits per heavy atom. The fraction of sp³-hybridized carbons (Fsp3) is 0.467. The molecule has 2 rings (SSSR count). The summed E-state index contributed by atoms with van der Waals surface area (Å²) in [6.07, 6.45) is 0.185. The predicted octanol–water partition coefficient (Wildman–Crippen LogP) is -0.129. The van der Waals surface area contributed by atoms with Gasteiger partial charge in [-0.25, -0.2) is 0 Å². The van der Waals surface area contributed by atoms with E-state index in [1.54, 1.807) is 29.2 Å². The van der Waals surface area contributed by atoms with Gasteiger partial charge in [-0.15, -0.1) is 0 Å². The number of carbonyl (C=O) groups is 2. The molecule has 0 aliphatic carbocycles. The van der Waals surface area contributed by atoms with E-state index in [1.165, 1.54) is 0 Å². The summed E-state index contributed by atoms with van der Waals surface area (Å²) in [4.78, 5) is 26.1. The lowest BCUT2D eigenvalue weighted by molar-refractivity contribution is -0.141. The SMILES string of the molecule is CCNC(=O)C1CNCCN1C(=O)Cc1cccc(O)c1. The number of phenols is 1. The van der Waals surface area contributed by atoms with Crippen LogP contribution in [0.15, 0.2) is 24.3 Å². The number of hydrogen-bond acceptors (Lipinski definition) is 4. The normalized spacial score (nSPS) is 18.3. The van der Waals surface area contributed by atoms with Gasteiger partial charge in [0.2, 0.25) is 11.8 Å². The minimum Gasteiger partial charge on any atom is -0.508 e. The van der Waals surface area contributed by atoms with Crippen molar-refractivity contribution in [2.24, 2.45) is 0 Å². The first-order valence-corrected chi connectivity index (χ1v) is 7.17. The third-order valence-corrected chi connectivity index (χ3v) is 3.48. The molecule has 1 aliphatic heterocycles. The van der Waals surface area contributed by atoms with Crippen LogP contribution in [-0.2, 0) is 16.0 Å². The Balaban J connectivity index is 2.06. The molecular formula is C15H21N3O3. The molecule has 1 aliphatic rings. The fourth-order valence-electron chi connectivity index (χ4n) is 2.47. The average molecular weight is 291 g/mol. The quantitative estimate of drug-likeness (QED) is 0.722. The lowest BCUT2D eigenvalue weighted by atomic mass is 10.1. The van der Waals surface area contributed by atoms with Gasteiger partial charge in [0.05, 0.1) is 6.42 Å². The molecule has 2 amide bonds. The molecule has 0 aromatic heterocycles. The van der Waals surface area contributed by atoms with Gasteiger partial charge in [-0.3, -0.25) is 9.59 Å². The molecular weight excluding hydrogens is 270 g/mol. The van der Waals surface area contributed by atoms with E-state index in [9.17, 15) is 14.7 Å². The summed E-state index contributed by atoms with van der Waals surface area (Å²) in [5.41, 5.74) is 0.744. The Morgan fingerprint density at radius 2 is 2.29 bits per heavy atom. The van der Waals surface area contributed by atoms with E-state index in [1.807, 2.05) is 6.92 Å². The first kappa shape index (κ1) is 15.3. The van der Waals surface area contributed by atoms with Crippen molar-refractivity contribution in [1.82, 2.24) is 15.5 Å². The largest absolute Gasteiger partial charge is 0.508 e. The second-order valence-corrected chi connectivity index (χ2v) is 5.05. The van der Waals surface area contributed by atoms with Gasteiger partial charge >= 0.3 is 0 Å². The molecule has 0 bridgehead atoms. The van der Waals surface area contributed by atoms with Gasteiger partial charge < -0.3 is 20.6 Å². The van der Waals surface area contributed by atoms with Crippen LogP contribution in [-0.4, -0.2) is 54.0 Å². The van der Waals surface area contributed by atoms with Gasteiger partial charge in [0, 0.05) is 26.2 Å². The molecule has 1 saturated heterocycles. The van der Waals surface area contributed by atoms with Gasteiger partial charge in [-0.05, 0) is 24.6 Å². The third-order valence-electron chi connectivity index (χ3n) is 3.48. The number of likely N-dealkylation sites (N-methyl/N-ethyl adjacent to an activating group) is 1. The van der Waals surface area contributed by atoms with Crippen LogP contribution in [0.5, 0.6) is 5.75 Å². The highest BCUT2D eigenvalue weighted by atomic mass is 16.3. The maximum Gasteiger partial charge on any atom is 0.244 e. The maximum atomic E-state index is 12.4. The summed E-state index contributed by atoms with van der Waals surface area (Å²) in [6, 6.07) is 6.17. The van der Waals surface area contributed by atoms with Crippen molar-refractivity contribution in [3.63, 3.8) is 0 Å². The number of benzene rings is 1. The minimum atomic E-state index is -0.469. The lowest BCUT2D eigenvalue weighted by Crippen LogP contribution is -2.59. The molecule has 1 aromatic rings. The van der Waals surface area contributed by atoms with Crippen LogP contribution in [0, 0.1) is 0 Å². The van der Waals surface area contributed by atoms with Crippen molar-refractivity contribution < 1.29 is 14.7 Å². The fourth-order valence-corrected chi connectivity index (χ4v) is 2.47. The van der Waals surface area contributed by atoms with Crippen LogP contribution < -0.4 is 10.6 Å². The standard InChI is InChI=1S/C15H21N3O3/c1-2-17-15(21)13-10-16-6-7-18(13)14(20)9-11-4-3-5-12(19)8-11/h3-5,8,13,16,19H,2,6-7,9-10H2,1H3,(H,17,21). The molecule has 6 heteroatoms. The zero-order chi connectivity index (χ0) is 15.2. The number of rotatable bonds is 4. The van der Waals surface area contributed by atoms with E-state index in [2.05, 4.69) is 10.6 Å². The number of piperazine rings is 1.